The molecule has 0 atom stereocenters. The third-order valence-corrected chi connectivity index (χ3v) is 3.94. The third-order valence-electron chi connectivity index (χ3n) is 3.69. The molecule has 3 rings (SSSR count). The fraction of sp³-hybridized carbons (Fsp3) is 0.188. The number of halogens is 1. The maximum atomic E-state index is 12.5. The Bertz CT molecular complexity index is 652. The summed E-state index contributed by atoms with van der Waals surface area (Å²) in [6.45, 7) is 1.29. The van der Waals surface area contributed by atoms with Crippen LogP contribution in [-0.2, 0) is 13.0 Å². The highest BCUT2D eigenvalue weighted by Gasteiger charge is 2.22. The van der Waals surface area contributed by atoms with Crippen LogP contribution in [0.1, 0.15) is 21.5 Å². The number of fused-ring (bicyclic) bond motifs is 1. The number of nitrogens with two attached hydrogens (primary N) is 1. The Hall–Kier alpha value is -2.00. The summed E-state index contributed by atoms with van der Waals surface area (Å²) in [5, 5.41) is 0.634. The van der Waals surface area contributed by atoms with Crippen LogP contribution in [-0.4, -0.2) is 17.4 Å². The largest absolute Gasteiger partial charge is 0.398 e. The number of benzene rings is 2. The van der Waals surface area contributed by atoms with Crippen LogP contribution in [0.2, 0.25) is 5.02 Å². The highest BCUT2D eigenvalue weighted by Crippen LogP contribution is 2.25. The van der Waals surface area contributed by atoms with E-state index >= 15 is 0 Å². The maximum absolute atomic E-state index is 12.5. The van der Waals surface area contributed by atoms with E-state index < -0.39 is 0 Å². The second kappa shape index (κ2) is 5.17. The Balaban J connectivity index is 1.85. The number of hydrogen-bond donors (Lipinski definition) is 1. The molecule has 4 heteroatoms. The average Bonchev–Trinajstić information content (AvgIpc) is 2.47. The molecule has 0 bridgehead atoms. The van der Waals surface area contributed by atoms with Crippen LogP contribution >= 0.6 is 11.6 Å². The molecule has 102 valence electrons. The summed E-state index contributed by atoms with van der Waals surface area (Å²) >= 11 is 5.85. The predicted octanol–water partition coefficient (Wildman–Crippen LogP) is 3.12. The molecule has 0 aliphatic carbocycles. The molecular formula is C16H15ClN2O. The van der Waals surface area contributed by atoms with Crippen molar-refractivity contribution in [3.05, 3.63) is 64.2 Å². The number of anilines is 1. The molecule has 1 aliphatic heterocycles. The zero-order chi connectivity index (χ0) is 14.1. The van der Waals surface area contributed by atoms with Gasteiger partial charge in [-0.05, 0) is 47.9 Å². The van der Waals surface area contributed by atoms with E-state index in [1.54, 1.807) is 24.3 Å². The first-order chi connectivity index (χ1) is 9.65. The van der Waals surface area contributed by atoms with Gasteiger partial charge in [-0.3, -0.25) is 4.79 Å². The Labute approximate surface area is 123 Å². The molecular weight excluding hydrogens is 272 g/mol. The highest BCUT2D eigenvalue weighted by atomic mass is 35.5. The number of nitrogen functional groups attached to an aromatic ring is 1. The first-order valence-electron chi connectivity index (χ1n) is 6.56. The predicted molar refractivity (Wildman–Crippen MR) is 80.8 cm³/mol. The minimum atomic E-state index is 0.0237. The van der Waals surface area contributed by atoms with E-state index in [0.717, 1.165) is 24.2 Å². The summed E-state index contributed by atoms with van der Waals surface area (Å²) in [5.41, 5.74) is 9.74. The number of carbonyl (C=O) groups excluding carboxylic acids is 1. The zero-order valence-electron chi connectivity index (χ0n) is 11.0. The summed E-state index contributed by atoms with van der Waals surface area (Å²) in [4.78, 5) is 14.3. The van der Waals surface area contributed by atoms with Crippen molar-refractivity contribution >= 4 is 23.2 Å². The number of nitrogens with zero attached hydrogens (tertiary/aromatic N) is 1. The molecule has 0 spiro atoms. The molecule has 0 unspecified atom stereocenters. The van der Waals surface area contributed by atoms with Gasteiger partial charge in [-0.25, -0.2) is 0 Å². The van der Waals surface area contributed by atoms with Gasteiger partial charge in [0.2, 0.25) is 0 Å². The SMILES string of the molecule is Nc1cccc2c1CN(C(=O)c1ccc(Cl)cc1)CC2. The first-order valence-corrected chi connectivity index (χ1v) is 6.94. The fourth-order valence-corrected chi connectivity index (χ4v) is 2.68. The highest BCUT2D eigenvalue weighted by molar-refractivity contribution is 6.30. The van der Waals surface area contributed by atoms with Crippen molar-refractivity contribution in [2.24, 2.45) is 0 Å². The lowest BCUT2D eigenvalue weighted by Crippen LogP contribution is -2.36. The first kappa shape index (κ1) is 13.0. The van der Waals surface area contributed by atoms with Crippen molar-refractivity contribution in [1.29, 1.82) is 0 Å². The van der Waals surface area contributed by atoms with Crippen LogP contribution in [0.25, 0.3) is 0 Å². The molecule has 0 radical (unpaired) electrons. The summed E-state index contributed by atoms with van der Waals surface area (Å²) in [5.74, 6) is 0.0237. The van der Waals surface area contributed by atoms with E-state index in [4.69, 9.17) is 17.3 Å². The van der Waals surface area contributed by atoms with Crippen molar-refractivity contribution in [2.75, 3.05) is 12.3 Å². The van der Waals surface area contributed by atoms with Crippen molar-refractivity contribution in [3.63, 3.8) is 0 Å². The zero-order valence-corrected chi connectivity index (χ0v) is 11.7. The molecule has 20 heavy (non-hydrogen) atoms. The Kier molecular flexibility index (Phi) is 3.36. The van der Waals surface area contributed by atoms with Crippen LogP contribution in [0, 0.1) is 0 Å². The van der Waals surface area contributed by atoms with Crippen LogP contribution in [0.15, 0.2) is 42.5 Å². The quantitative estimate of drug-likeness (QED) is 0.819. The second-order valence-corrected chi connectivity index (χ2v) is 5.40. The fourth-order valence-electron chi connectivity index (χ4n) is 2.56. The van der Waals surface area contributed by atoms with E-state index in [1.165, 1.54) is 5.56 Å². The van der Waals surface area contributed by atoms with Crippen LogP contribution < -0.4 is 5.73 Å². The van der Waals surface area contributed by atoms with Crippen molar-refractivity contribution in [2.45, 2.75) is 13.0 Å². The average molecular weight is 287 g/mol. The van der Waals surface area contributed by atoms with Crippen molar-refractivity contribution in [3.8, 4) is 0 Å². The summed E-state index contributed by atoms with van der Waals surface area (Å²) < 4.78 is 0. The van der Waals surface area contributed by atoms with E-state index in [0.29, 0.717) is 17.1 Å². The number of carbonyl (C=O) groups is 1. The number of rotatable bonds is 1. The van der Waals surface area contributed by atoms with Gasteiger partial charge in [-0.15, -0.1) is 0 Å². The van der Waals surface area contributed by atoms with Gasteiger partial charge in [0.25, 0.3) is 5.91 Å². The maximum Gasteiger partial charge on any atom is 0.254 e. The topological polar surface area (TPSA) is 46.3 Å². The molecule has 2 aromatic rings. The Morgan fingerprint density at radius 2 is 1.90 bits per heavy atom. The molecule has 3 nitrogen and oxygen atoms in total. The normalized spacial score (nSPS) is 13.9. The number of amides is 1. The van der Waals surface area contributed by atoms with E-state index in [2.05, 4.69) is 6.07 Å². The summed E-state index contributed by atoms with van der Waals surface area (Å²) in [7, 11) is 0. The van der Waals surface area contributed by atoms with Gasteiger partial charge < -0.3 is 10.6 Å². The van der Waals surface area contributed by atoms with Crippen LogP contribution in [0.5, 0.6) is 0 Å². The third kappa shape index (κ3) is 2.37. The molecule has 1 aliphatic rings. The van der Waals surface area contributed by atoms with Crippen molar-refractivity contribution < 1.29 is 4.79 Å². The van der Waals surface area contributed by atoms with Gasteiger partial charge in [0, 0.05) is 29.4 Å². The summed E-state index contributed by atoms with van der Waals surface area (Å²) in [6.07, 6.45) is 0.847. The van der Waals surface area contributed by atoms with Gasteiger partial charge in [0.05, 0.1) is 0 Å². The Morgan fingerprint density at radius 1 is 1.15 bits per heavy atom. The van der Waals surface area contributed by atoms with Gasteiger partial charge in [-0.2, -0.15) is 0 Å². The lowest BCUT2D eigenvalue weighted by molar-refractivity contribution is 0.0735. The minimum absolute atomic E-state index is 0.0237. The Morgan fingerprint density at radius 3 is 2.65 bits per heavy atom. The van der Waals surface area contributed by atoms with Gasteiger partial charge in [-0.1, -0.05) is 23.7 Å². The van der Waals surface area contributed by atoms with Gasteiger partial charge in [0.15, 0.2) is 0 Å². The van der Waals surface area contributed by atoms with Crippen molar-refractivity contribution in [1.82, 2.24) is 4.90 Å². The lowest BCUT2D eigenvalue weighted by atomic mass is 9.97. The van der Waals surface area contributed by atoms with E-state index in [-0.39, 0.29) is 5.91 Å². The molecule has 1 amide bonds. The van der Waals surface area contributed by atoms with E-state index in [9.17, 15) is 4.79 Å². The monoisotopic (exact) mass is 286 g/mol. The smallest absolute Gasteiger partial charge is 0.254 e. The van der Waals surface area contributed by atoms with Crippen LogP contribution in [0.3, 0.4) is 0 Å². The standard InChI is InChI=1S/C16H15ClN2O/c17-13-6-4-12(5-7-13)16(20)19-9-8-11-2-1-3-15(18)14(11)10-19/h1-7H,8-10,18H2. The minimum Gasteiger partial charge on any atom is -0.398 e. The van der Waals surface area contributed by atoms with Gasteiger partial charge >= 0.3 is 0 Å². The van der Waals surface area contributed by atoms with E-state index in [1.807, 2.05) is 17.0 Å². The lowest BCUT2D eigenvalue weighted by Gasteiger charge is -2.29. The molecule has 0 fully saturated rings. The second-order valence-electron chi connectivity index (χ2n) is 4.97. The molecule has 0 aromatic heterocycles. The molecule has 1 heterocycles. The molecule has 2 aromatic carbocycles. The molecule has 0 saturated heterocycles. The summed E-state index contributed by atoms with van der Waals surface area (Å²) in [6, 6.07) is 12.9. The number of hydrogen-bond acceptors (Lipinski definition) is 2. The van der Waals surface area contributed by atoms with Crippen LogP contribution in [0.4, 0.5) is 5.69 Å². The van der Waals surface area contributed by atoms with Gasteiger partial charge in [0.1, 0.15) is 0 Å². The molecule has 0 saturated carbocycles. The molecule has 2 N–H and O–H groups in total.